The molecule has 0 aliphatic heterocycles. The Balaban J connectivity index is 3.26. The topological polar surface area (TPSA) is 82.0 Å². The molecule has 0 aliphatic carbocycles. The zero-order chi connectivity index (χ0) is 15.5. The number of nitrogen functional groups attached to an aromatic ring is 1. The fourth-order valence-corrected chi connectivity index (χ4v) is 1.84. The lowest BCUT2D eigenvalue weighted by Gasteiger charge is -2.24. The smallest absolute Gasteiger partial charge is 0.332 e. The highest BCUT2D eigenvalue weighted by Crippen LogP contribution is 2.21. The van der Waals surface area contributed by atoms with Crippen LogP contribution >= 0.6 is 0 Å². The molecule has 6 nitrogen and oxygen atoms in total. The summed E-state index contributed by atoms with van der Waals surface area (Å²) in [5.74, 6) is 0.229. The van der Waals surface area contributed by atoms with E-state index in [0.717, 1.165) is 17.4 Å². The molecule has 3 N–H and O–H groups in total. The van der Waals surface area contributed by atoms with Crippen LogP contribution in [-0.2, 0) is 13.6 Å². The molecule has 20 heavy (non-hydrogen) atoms. The van der Waals surface area contributed by atoms with Crippen molar-refractivity contribution in [1.29, 1.82) is 0 Å². The Kier molecular flexibility index (Phi) is 5.03. The van der Waals surface area contributed by atoms with Gasteiger partial charge in [0.1, 0.15) is 11.5 Å². The van der Waals surface area contributed by atoms with Crippen molar-refractivity contribution in [1.82, 2.24) is 9.13 Å². The van der Waals surface area contributed by atoms with Crippen LogP contribution in [0.25, 0.3) is 0 Å². The lowest BCUT2D eigenvalue weighted by atomic mass is 9.90. The number of aromatic nitrogens is 2. The second kappa shape index (κ2) is 6.15. The molecular weight excluding hydrogens is 256 g/mol. The molecule has 0 aromatic carbocycles. The summed E-state index contributed by atoms with van der Waals surface area (Å²) in [6, 6.07) is 0. The van der Waals surface area contributed by atoms with Gasteiger partial charge in [0.05, 0.1) is 0 Å². The average Bonchev–Trinajstić information content (AvgIpc) is 2.41. The third-order valence-corrected chi connectivity index (χ3v) is 3.73. The van der Waals surface area contributed by atoms with Gasteiger partial charge >= 0.3 is 5.69 Å². The molecule has 0 radical (unpaired) electrons. The van der Waals surface area contributed by atoms with Crippen LogP contribution < -0.4 is 22.3 Å². The van der Waals surface area contributed by atoms with Gasteiger partial charge in [-0.3, -0.25) is 13.9 Å². The molecule has 1 heterocycles. The Bertz CT molecular complexity index is 584. The van der Waals surface area contributed by atoms with Gasteiger partial charge in [0.2, 0.25) is 0 Å². The SMILES string of the molecule is CCCn1c(N)c(NCC(C)(C)CC)c(=O)n(C)c1=O. The van der Waals surface area contributed by atoms with E-state index in [1.165, 1.54) is 11.6 Å². The van der Waals surface area contributed by atoms with E-state index in [4.69, 9.17) is 5.73 Å². The van der Waals surface area contributed by atoms with Crippen molar-refractivity contribution in [3.05, 3.63) is 20.8 Å². The van der Waals surface area contributed by atoms with Crippen LogP contribution in [0.5, 0.6) is 0 Å². The lowest BCUT2D eigenvalue weighted by molar-refractivity contribution is 0.376. The van der Waals surface area contributed by atoms with Crippen LogP contribution in [0.4, 0.5) is 11.5 Å². The zero-order valence-corrected chi connectivity index (χ0v) is 13.1. The molecule has 0 spiro atoms. The Morgan fingerprint density at radius 3 is 2.35 bits per heavy atom. The van der Waals surface area contributed by atoms with E-state index in [-0.39, 0.29) is 22.5 Å². The van der Waals surface area contributed by atoms with Crippen LogP contribution in [0, 0.1) is 5.41 Å². The third kappa shape index (κ3) is 3.23. The highest BCUT2D eigenvalue weighted by Gasteiger charge is 2.19. The maximum atomic E-state index is 12.2. The summed E-state index contributed by atoms with van der Waals surface area (Å²) in [7, 11) is 1.48. The highest BCUT2D eigenvalue weighted by atomic mass is 16.2. The first-order chi connectivity index (χ1) is 9.25. The molecule has 0 fully saturated rings. The van der Waals surface area contributed by atoms with E-state index in [1.807, 2.05) is 6.92 Å². The van der Waals surface area contributed by atoms with E-state index < -0.39 is 0 Å². The maximum absolute atomic E-state index is 12.2. The molecule has 0 unspecified atom stereocenters. The van der Waals surface area contributed by atoms with Crippen molar-refractivity contribution in [3.63, 3.8) is 0 Å². The fourth-order valence-electron chi connectivity index (χ4n) is 1.84. The molecule has 1 rings (SSSR count). The van der Waals surface area contributed by atoms with Crippen molar-refractivity contribution < 1.29 is 0 Å². The van der Waals surface area contributed by atoms with Crippen LogP contribution in [0.1, 0.15) is 40.5 Å². The van der Waals surface area contributed by atoms with E-state index in [9.17, 15) is 9.59 Å². The van der Waals surface area contributed by atoms with E-state index >= 15 is 0 Å². The Hall–Kier alpha value is -1.72. The van der Waals surface area contributed by atoms with Gasteiger partial charge in [-0.1, -0.05) is 27.7 Å². The minimum absolute atomic E-state index is 0.0587. The van der Waals surface area contributed by atoms with Gasteiger partial charge in [-0.05, 0) is 18.3 Å². The molecule has 1 aromatic heterocycles. The number of nitrogens with zero attached hydrogens (tertiary/aromatic N) is 2. The van der Waals surface area contributed by atoms with Crippen LogP contribution in [0.15, 0.2) is 9.59 Å². The third-order valence-electron chi connectivity index (χ3n) is 3.73. The van der Waals surface area contributed by atoms with Crippen molar-refractivity contribution in [3.8, 4) is 0 Å². The minimum Gasteiger partial charge on any atom is -0.383 e. The number of anilines is 2. The van der Waals surface area contributed by atoms with Crippen molar-refractivity contribution in [2.45, 2.75) is 47.1 Å². The normalized spacial score (nSPS) is 11.7. The summed E-state index contributed by atoms with van der Waals surface area (Å²) in [4.78, 5) is 24.2. The van der Waals surface area contributed by atoms with E-state index in [0.29, 0.717) is 18.8 Å². The van der Waals surface area contributed by atoms with Gasteiger partial charge in [-0.15, -0.1) is 0 Å². The molecule has 0 atom stereocenters. The predicted octanol–water partition coefficient (Wildman–Crippen LogP) is 1.39. The molecule has 6 heteroatoms. The maximum Gasteiger partial charge on any atom is 0.332 e. The summed E-state index contributed by atoms with van der Waals surface area (Å²) < 4.78 is 2.55. The fraction of sp³-hybridized carbons (Fsp3) is 0.714. The molecule has 0 saturated carbocycles. The van der Waals surface area contributed by atoms with E-state index in [1.54, 1.807) is 0 Å². The zero-order valence-electron chi connectivity index (χ0n) is 13.1. The number of nitrogens with two attached hydrogens (primary N) is 1. The Labute approximate surface area is 119 Å². The largest absolute Gasteiger partial charge is 0.383 e. The summed E-state index contributed by atoms with van der Waals surface area (Å²) >= 11 is 0. The number of rotatable bonds is 6. The summed E-state index contributed by atoms with van der Waals surface area (Å²) in [6.45, 7) is 9.43. The van der Waals surface area contributed by atoms with Crippen LogP contribution in [-0.4, -0.2) is 15.7 Å². The second-order valence-electron chi connectivity index (χ2n) is 5.93. The molecule has 114 valence electrons. The van der Waals surface area contributed by atoms with Crippen molar-refractivity contribution >= 4 is 11.5 Å². The lowest BCUT2D eigenvalue weighted by Crippen LogP contribution is -2.41. The highest BCUT2D eigenvalue weighted by molar-refractivity contribution is 5.60. The van der Waals surface area contributed by atoms with Gasteiger partial charge in [0.15, 0.2) is 0 Å². The van der Waals surface area contributed by atoms with Gasteiger partial charge < -0.3 is 11.1 Å². The van der Waals surface area contributed by atoms with E-state index in [2.05, 4.69) is 26.1 Å². The molecule has 0 aliphatic rings. The monoisotopic (exact) mass is 282 g/mol. The minimum atomic E-state index is -0.369. The summed E-state index contributed by atoms with van der Waals surface area (Å²) in [5.41, 5.74) is 5.64. The Morgan fingerprint density at radius 1 is 1.25 bits per heavy atom. The first kappa shape index (κ1) is 16.3. The summed E-state index contributed by atoms with van der Waals surface area (Å²) in [6.07, 6.45) is 1.76. The van der Waals surface area contributed by atoms with Crippen molar-refractivity contribution in [2.24, 2.45) is 12.5 Å². The quantitative estimate of drug-likeness (QED) is 0.826. The number of hydrogen-bond acceptors (Lipinski definition) is 4. The number of nitrogens with one attached hydrogen (secondary N) is 1. The first-order valence-corrected chi connectivity index (χ1v) is 7.08. The van der Waals surface area contributed by atoms with Gasteiger partial charge in [-0.25, -0.2) is 4.79 Å². The summed E-state index contributed by atoms with van der Waals surface area (Å²) in [5, 5.41) is 3.12. The van der Waals surface area contributed by atoms with Gasteiger partial charge in [0.25, 0.3) is 5.56 Å². The van der Waals surface area contributed by atoms with Gasteiger partial charge in [0, 0.05) is 20.1 Å². The van der Waals surface area contributed by atoms with Crippen molar-refractivity contribution in [2.75, 3.05) is 17.6 Å². The molecule has 0 amide bonds. The molecular formula is C14H26N4O2. The van der Waals surface area contributed by atoms with Crippen LogP contribution in [0.3, 0.4) is 0 Å². The van der Waals surface area contributed by atoms with Crippen LogP contribution in [0.2, 0.25) is 0 Å². The Morgan fingerprint density at radius 2 is 1.85 bits per heavy atom. The predicted molar refractivity (Wildman–Crippen MR) is 83.2 cm³/mol. The molecule has 1 aromatic rings. The first-order valence-electron chi connectivity index (χ1n) is 7.08. The molecule has 0 saturated heterocycles. The number of hydrogen-bond donors (Lipinski definition) is 2. The van der Waals surface area contributed by atoms with Gasteiger partial charge in [-0.2, -0.15) is 0 Å². The second-order valence-corrected chi connectivity index (χ2v) is 5.93. The standard InChI is InChI=1S/C14H26N4O2/c1-6-8-18-11(15)10(12(19)17(5)13(18)20)16-9-14(3,4)7-2/h16H,6-9,15H2,1-5H3. The average molecular weight is 282 g/mol. The molecule has 0 bridgehead atoms.